The first-order valence-electron chi connectivity index (χ1n) is 14.0. The average Bonchev–Trinajstić information content (AvgIpc) is 3.67. The lowest BCUT2D eigenvalue weighted by atomic mass is 10.1. The Hall–Kier alpha value is -4.26. The largest absolute Gasteiger partial charge is 0.466 e. The average molecular weight is 555 g/mol. The van der Waals surface area contributed by atoms with Crippen LogP contribution in [0.25, 0.3) is 11.3 Å². The van der Waals surface area contributed by atoms with E-state index in [9.17, 15) is 4.79 Å². The Bertz CT molecular complexity index is 1470. The normalized spacial score (nSPS) is 15.6. The smallest absolute Gasteiger partial charge is 0.306 e. The minimum Gasteiger partial charge on any atom is -0.466 e. The van der Waals surface area contributed by atoms with Gasteiger partial charge in [-0.2, -0.15) is 0 Å². The molecule has 4 heterocycles. The first kappa shape index (κ1) is 28.3. The van der Waals surface area contributed by atoms with Crippen LogP contribution in [0.4, 0.5) is 0 Å². The predicted octanol–water partition coefficient (Wildman–Crippen LogP) is 5.48. The molecule has 0 amide bonds. The summed E-state index contributed by atoms with van der Waals surface area (Å²) in [5, 5.41) is 4.27. The van der Waals surface area contributed by atoms with Crippen LogP contribution in [0.1, 0.15) is 74.0 Å². The van der Waals surface area contributed by atoms with Gasteiger partial charge in [-0.05, 0) is 69.5 Å². The van der Waals surface area contributed by atoms with E-state index >= 15 is 0 Å². The molecule has 0 N–H and O–H groups in total. The van der Waals surface area contributed by atoms with Gasteiger partial charge in [-0.15, -0.1) is 0 Å². The Morgan fingerprint density at radius 1 is 1.10 bits per heavy atom. The van der Waals surface area contributed by atoms with Gasteiger partial charge < -0.3 is 23.3 Å². The van der Waals surface area contributed by atoms with Gasteiger partial charge in [-0.1, -0.05) is 17.0 Å². The van der Waals surface area contributed by atoms with Crippen molar-refractivity contribution >= 4 is 5.97 Å². The van der Waals surface area contributed by atoms with Gasteiger partial charge in [0.15, 0.2) is 12.1 Å². The molecule has 41 heavy (non-hydrogen) atoms. The lowest BCUT2D eigenvalue weighted by molar-refractivity contribution is -0.188. The number of hydrogen-bond acceptors (Lipinski definition) is 8. The number of carbonyl (C=O) groups excluding carboxylic acids is 1. The fraction of sp³-hybridized carbons (Fsp3) is 0.375. The molecule has 0 bridgehead atoms. The van der Waals surface area contributed by atoms with Crippen LogP contribution in [0.5, 0.6) is 0 Å². The molecular weight excluding hydrogens is 520 g/mol. The summed E-state index contributed by atoms with van der Waals surface area (Å²) in [6.07, 6.45) is 9.02. The Labute approximate surface area is 239 Å². The summed E-state index contributed by atoms with van der Waals surface area (Å²) in [6, 6.07) is 13.6. The van der Waals surface area contributed by atoms with E-state index in [0.717, 1.165) is 59.8 Å². The first-order valence-corrected chi connectivity index (χ1v) is 14.0. The summed E-state index contributed by atoms with van der Waals surface area (Å²) >= 11 is 0. The molecule has 0 aliphatic carbocycles. The van der Waals surface area contributed by atoms with Gasteiger partial charge in [0.2, 0.25) is 0 Å². The number of imidazole rings is 1. The van der Waals surface area contributed by atoms with E-state index in [1.807, 2.05) is 60.2 Å². The Kier molecular flexibility index (Phi) is 9.57. The molecule has 5 rings (SSSR count). The summed E-state index contributed by atoms with van der Waals surface area (Å²) in [5.74, 6) is 7.60. The van der Waals surface area contributed by atoms with Gasteiger partial charge in [0, 0.05) is 60.1 Å². The quantitative estimate of drug-likeness (QED) is 0.188. The summed E-state index contributed by atoms with van der Waals surface area (Å²) in [7, 11) is 0. The molecule has 9 heteroatoms. The zero-order valence-corrected chi connectivity index (χ0v) is 23.4. The lowest BCUT2D eigenvalue weighted by Gasteiger charge is -2.26. The van der Waals surface area contributed by atoms with E-state index in [4.69, 9.17) is 18.7 Å². The number of esters is 1. The van der Waals surface area contributed by atoms with Crippen molar-refractivity contribution in [1.82, 2.24) is 19.7 Å². The van der Waals surface area contributed by atoms with Crippen LogP contribution in [-0.4, -0.2) is 45.2 Å². The second-order valence-electron chi connectivity index (χ2n) is 9.84. The van der Waals surface area contributed by atoms with E-state index in [1.165, 1.54) is 0 Å². The Balaban J connectivity index is 1.16. The number of nitrogens with zero attached hydrogens (tertiary/aromatic N) is 4. The maximum Gasteiger partial charge on any atom is 0.306 e. The molecule has 1 unspecified atom stereocenters. The summed E-state index contributed by atoms with van der Waals surface area (Å²) in [5.41, 5.74) is 4.22. The van der Waals surface area contributed by atoms with Crippen molar-refractivity contribution in [3.8, 4) is 23.2 Å². The second kappa shape index (κ2) is 13.9. The molecule has 1 aliphatic rings. The standard InChI is InChI=1S/C32H34N4O5/c1-3-38-30(37)16-15-27-14-11-25(21-34-27)8-7-24-9-12-26(13-10-24)29-20-28(35-41-29)22-36-18-17-33-32(36)23(2)40-31-6-4-5-19-39-31/h9-14,17-18,20-21,23,31H,3-6,15-16,19,22H2,1-2H3/t23-,31?/m0/s1. The van der Waals surface area contributed by atoms with Gasteiger partial charge in [-0.3, -0.25) is 9.78 Å². The SMILES string of the molecule is CCOC(=O)CCc1ccc(C#Cc2ccc(-c3cc(Cn4ccnc4[C@H](C)OC4CCCCO4)no3)cc2)cn1. The third-order valence-corrected chi connectivity index (χ3v) is 6.73. The molecule has 1 aliphatic heterocycles. The molecule has 4 aromatic rings. The molecule has 2 atom stereocenters. The fourth-order valence-corrected chi connectivity index (χ4v) is 4.59. The Morgan fingerprint density at radius 2 is 1.93 bits per heavy atom. The van der Waals surface area contributed by atoms with Crippen molar-refractivity contribution in [2.24, 2.45) is 0 Å². The van der Waals surface area contributed by atoms with Crippen LogP contribution < -0.4 is 0 Å². The van der Waals surface area contributed by atoms with E-state index in [2.05, 4.69) is 27.0 Å². The summed E-state index contributed by atoms with van der Waals surface area (Å²) in [4.78, 5) is 20.4. The highest BCUT2D eigenvalue weighted by Gasteiger charge is 2.21. The number of benzene rings is 1. The van der Waals surface area contributed by atoms with Crippen LogP contribution in [0.15, 0.2) is 65.6 Å². The number of hydrogen-bond donors (Lipinski definition) is 0. The molecule has 1 aromatic carbocycles. The lowest BCUT2D eigenvalue weighted by Crippen LogP contribution is -2.24. The van der Waals surface area contributed by atoms with Gasteiger partial charge in [0.1, 0.15) is 17.6 Å². The molecule has 0 saturated carbocycles. The fourth-order valence-electron chi connectivity index (χ4n) is 4.59. The highest BCUT2D eigenvalue weighted by atomic mass is 16.7. The van der Waals surface area contributed by atoms with Crippen molar-refractivity contribution in [2.45, 2.75) is 64.9 Å². The maximum atomic E-state index is 11.5. The molecule has 9 nitrogen and oxygen atoms in total. The number of ether oxygens (including phenoxy) is 3. The topological polar surface area (TPSA) is 102 Å². The predicted molar refractivity (Wildman–Crippen MR) is 152 cm³/mol. The van der Waals surface area contributed by atoms with Crippen molar-refractivity contribution in [1.29, 1.82) is 0 Å². The van der Waals surface area contributed by atoms with Crippen molar-refractivity contribution < 1.29 is 23.5 Å². The number of aromatic nitrogens is 4. The summed E-state index contributed by atoms with van der Waals surface area (Å²) < 4.78 is 24.4. The molecule has 0 radical (unpaired) electrons. The third-order valence-electron chi connectivity index (χ3n) is 6.73. The molecule has 0 spiro atoms. The summed E-state index contributed by atoms with van der Waals surface area (Å²) in [6.45, 7) is 5.45. The van der Waals surface area contributed by atoms with Gasteiger partial charge in [0.25, 0.3) is 0 Å². The van der Waals surface area contributed by atoms with Crippen molar-refractivity contribution in [3.05, 3.63) is 89.4 Å². The van der Waals surface area contributed by atoms with E-state index < -0.39 is 0 Å². The molecular formula is C32H34N4O5. The number of rotatable bonds is 10. The second-order valence-corrected chi connectivity index (χ2v) is 9.84. The third kappa shape index (κ3) is 7.91. The molecule has 3 aromatic heterocycles. The van der Waals surface area contributed by atoms with E-state index in [1.54, 1.807) is 19.3 Å². The Morgan fingerprint density at radius 3 is 2.68 bits per heavy atom. The number of aryl methyl sites for hydroxylation is 1. The van der Waals surface area contributed by atoms with Crippen molar-refractivity contribution in [2.75, 3.05) is 13.2 Å². The van der Waals surface area contributed by atoms with Crippen LogP contribution in [-0.2, 0) is 32.0 Å². The zero-order chi connectivity index (χ0) is 28.4. The molecule has 1 saturated heterocycles. The minimum absolute atomic E-state index is 0.179. The van der Waals surface area contributed by atoms with Crippen LogP contribution in [0.3, 0.4) is 0 Å². The van der Waals surface area contributed by atoms with Crippen LogP contribution >= 0.6 is 0 Å². The maximum absolute atomic E-state index is 11.5. The highest BCUT2D eigenvalue weighted by Crippen LogP contribution is 2.25. The molecule has 1 fully saturated rings. The first-order chi connectivity index (χ1) is 20.1. The monoisotopic (exact) mass is 554 g/mol. The number of pyridine rings is 1. The highest BCUT2D eigenvalue weighted by molar-refractivity contribution is 5.69. The minimum atomic E-state index is -0.212. The van der Waals surface area contributed by atoms with Crippen LogP contribution in [0, 0.1) is 11.8 Å². The molecule has 212 valence electrons. The van der Waals surface area contributed by atoms with Crippen molar-refractivity contribution in [3.63, 3.8) is 0 Å². The van der Waals surface area contributed by atoms with E-state index in [0.29, 0.717) is 31.8 Å². The van der Waals surface area contributed by atoms with Crippen LogP contribution in [0.2, 0.25) is 0 Å². The number of carbonyl (C=O) groups is 1. The van der Waals surface area contributed by atoms with Gasteiger partial charge in [-0.25, -0.2) is 4.98 Å². The van der Waals surface area contributed by atoms with E-state index in [-0.39, 0.29) is 18.4 Å². The van der Waals surface area contributed by atoms with Gasteiger partial charge >= 0.3 is 5.97 Å². The zero-order valence-electron chi connectivity index (χ0n) is 23.4. The van der Waals surface area contributed by atoms with Gasteiger partial charge in [0.05, 0.1) is 19.6 Å².